The third-order valence-electron chi connectivity index (χ3n) is 5.41. The van der Waals surface area contributed by atoms with Crippen molar-refractivity contribution >= 4 is 11.7 Å². The van der Waals surface area contributed by atoms with Crippen molar-refractivity contribution in [3.05, 3.63) is 53.7 Å². The topological polar surface area (TPSA) is 54.5 Å². The highest BCUT2D eigenvalue weighted by Gasteiger charge is 2.17. The van der Waals surface area contributed by atoms with Crippen LogP contribution in [0.15, 0.2) is 42.6 Å². The number of benzene rings is 1. The van der Waals surface area contributed by atoms with Crippen molar-refractivity contribution in [2.24, 2.45) is 0 Å². The van der Waals surface area contributed by atoms with Crippen molar-refractivity contribution in [2.75, 3.05) is 18.0 Å². The Morgan fingerprint density at radius 2 is 1.78 bits per heavy atom. The van der Waals surface area contributed by atoms with Crippen LogP contribution >= 0.6 is 0 Å². The van der Waals surface area contributed by atoms with Gasteiger partial charge >= 0.3 is 0 Å². The molecule has 1 saturated carbocycles. The van der Waals surface area contributed by atoms with Crippen LogP contribution in [0.2, 0.25) is 0 Å². The summed E-state index contributed by atoms with van der Waals surface area (Å²) in [6.45, 7) is 2.65. The molecule has 142 valence electrons. The minimum atomic E-state index is -0.0777. The lowest BCUT2D eigenvalue weighted by molar-refractivity contribution is 0.0951. The average molecular weight is 365 g/mol. The summed E-state index contributed by atoms with van der Waals surface area (Å²) in [6.07, 6.45) is 9.43. The third kappa shape index (κ3) is 4.59. The standard InChI is InChI=1S/C22H27N3O2/c26-22(18-8-10-20(11-9-18)27-19-5-1-2-6-19)24-16-17-7-12-21(23-15-17)25-13-3-4-14-25/h7-12,15,19H,1-6,13-14,16H2,(H,24,26). The minimum absolute atomic E-state index is 0.0777. The number of nitrogens with zero attached hydrogens (tertiary/aromatic N) is 2. The summed E-state index contributed by atoms with van der Waals surface area (Å²) < 4.78 is 5.95. The Kier molecular flexibility index (Phi) is 5.56. The number of hydrogen-bond donors (Lipinski definition) is 1. The Bertz CT molecular complexity index is 746. The first-order valence-electron chi connectivity index (χ1n) is 10.0. The molecule has 1 aromatic heterocycles. The molecule has 0 spiro atoms. The fourth-order valence-electron chi connectivity index (χ4n) is 3.82. The fourth-order valence-corrected chi connectivity index (χ4v) is 3.82. The number of rotatable bonds is 6. The zero-order chi connectivity index (χ0) is 18.5. The second-order valence-electron chi connectivity index (χ2n) is 7.45. The zero-order valence-corrected chi connectivity index (χ0v) is 15.7. The van der Waals surface area contributed by atoms with Gasteiger partial charge in [-0.25, -0.2) is 4.98 Å². The molecule has 2 fully saturated rings. The monoisotopic (exact) mass is 365 g/mol. The third-order valence-corrected chi connectivity index (χ3v) is 5.41. The first-order valence-corrected chi connectivity index (χ1v) is 10.0. The van der Waals surface area contributed by atoms with Crippen molar-refractivity contribution in [3.63, 3.8) is 0 Å². The molecule has 5 nitrogen and oxygen atoms in total. The fraction of sp³-hybridized carbons (Fsp3) is 0.455. The lowest BCUT2D eigenvalue weighted by atomic mass is 10.2. The maximum Gasteiger partial charge on any atom is 0.251 e. The Balaban J connectivity index is 1.28. The van der Waals surface area contributed by atoms with E-state index in [-0.39, 0.29) is 5.91 Å². The lowest BCUT2D eigenvalue weighted by Gasteiger charge is -2.16. The smallest absolute Gasteiger partial charge is 0.251 e. The number of ether oxygens (including phenoxy) is 1. The van der Waals surface area contributed by atoms with Crippen LogP contribution in [0.1, 0.15) is 54.4 Å². The molecule has 1 aliphatic carbocycles. The number of carbonyl (C=O) groups is 1. The van der Waals surface area contributed by atoms with Gasteiger partial charge in [-0.3, -0.25) is 4.79 Å². The van der Waals surface area contributed by atoms with E-state index in [9.17, 15) is 4.79 Å². The molecule has 1 aliphatic heterocycles. The van der Waals surface area contributed by atoms with Gasteiger partial charge in [0, 0.05) is 31.4 Å². The molecule has 5 heteroatoms. The highest BCUT2D eigenvalue weighted by atomic mass is 16.5. The van der Waals surface area contributed by atoms with Crippen molar-refractivity contribution in [1.29, 1.82) is 0 Å². The first kappa shape index (κ1) is 17.8. The Labute approximate surface area is 160 Å². The van der Waals surface area contributed by atoms with Crippen LogP contribution in [0.4, 0.5) is 5.82 Å². The highest BCUT2D eigenvalue weighted by Crippen LogP contribution is 2.24. The molecule has 27 heavy (non-hydrogen) atoms. The number of nitrogens with one attached hydrogen (secondary N) is 1. The molecule has 0 bridgehead atoms. The summed E-state index contributed by atoms with van der Waals surface area (Å²) >= 11 is 0. The van der Waals surface area contributed by atoms with E-state index < -0.39 is 0 Å². The summed E-state index contributed by atoms with van der Waals surface area (Å²) in [5, 5.41) is 2.96. The second kappa shape index (κ2) is 8.42. The minimum Gasteiger partial charge on any atom is -0.490 e. The summed E-state index contributed by atoms with van der Waals surface area (Å²) in [5.41, 5.74) is 1.66. The van der Waals surface area contributed by atoms with Gasteiger partial charge < -0.3 is 15.0 Å². The van der Waals surface area contributed by atoms with Crippen LogP contribution in [0.25, 0.3) is 0 Å². The molecular weight excluding hydrogens is 338 g/mol. The van der Waals surface area contributed by atoms with Crippen molar-refractivity contribution in [2.45, 2.75) is 51.2 Å². The number of hydrogen-bond acceptors (Lipinski definition) is 4. The van der Waals surface area contributed by atoms with Crippen LogP contribution in [0.5, 0.6) is 5.75 Å². The average Bonchev–Trinajstić information content (AvgIpc) is 3.41. The number of amides is 1. The molecule has 0 unspecified atom stereocenters. The van der Waals surface area contributed by atoms with Crippen LogP contribution < -0.4 is 15.0 Å². The summed E-state index contributed by atoms with van der Waals surface area (Å²) in [4.78, 5) is 19.2. The van der Waals surface area contributed by atoms with Crippen molar-refractivity contribution in [1.82, 2.24) is 10.3 Å². The Hall–Kier alpha value is -2.56. The molecule has 2 aliphatic rings. The molecule has 1 saturated heterocycles. The van der Waals surface area contributed by atoms with E-state index in [1.165, 1.54) is 25.7 Å². The van der Waals surface area contributed by atoms with Gasteiger partial charge in [0.2, 0.25) is 0 Å². The predicted octanol–water partition coefficient (Wildman–Crippen LogP) is 3.93. The van der Waals surface area contributed by atoms with E-state index >= 15 is 0 Å². The van der Waals surface area contributed by atoms with E-state index in [0.29, 0.717) is 18.2 Å². The first-order chi connectivity index (χ1) is 13.3. The van der Waals surface area contributed by atoms with Crippen molar-refractivity contribution < 1.29 is 9.53 Å². The molecule has 1 aromatic carbocycles. The Morgan fingerprint density at radius 1 is 1.04 bits per heavy atom. The van der Waals surface area contributed by atoms with Gasteiger partial charge in [0.1, 0.15) is 11.6 Å². The van der Waals surface area contributed by atoms with Gasteiger partial charge in [0.15, 0.2) is 0 Å². The SMILES string of the molecule is O=C(NCc1ccc(N2CCCC2)nc1)c1ccc(OC2CCCC2)cc1. The quantitative estimate of drug-likeness (QED) is 0.843. The van der Waals surface area contributed by atoms with E-state index in [4.69, 9.17) is 4.74 Å². The number of carbonyl (C=O) groups excluding carboxylic acids is 1. The maximum absolute atomic E-state index is 12.4. The van der Waals surface area contributed by atoms with Gasteiger partial charge in [0.05, 0.1) is 6.10 Å². The highest BCUT2D eigenvalue weighted by molar-refractivity contribution is 5.94. The number of aromatic nitrogens is 1. The van der Waals surface area contributed by atoms with E-state index in [1.54, 1.807) is 0 Å². The molecule has 1 amide bonds. The second-order valence-corrected chi connectivity index (χ2v) is 7.45. The van der Waals surface area contributed by atoms with Gasteiger partial charge in [-0.15, -0.1) is 0 Å². The molecule has 1 N–H and O–H groups in total. The normalized spacial score (nSPS) is 17.3. The van der Waals surface area contributed by atoms with Crippen LogP contribution in [0.3, 0.4) is 0 Å². The van der Waals surface area contributed by atoms with Gasteiger partial charge in [-0.05, 0) is 74.4 Å². The van der Waals surface area contributed by atoms with Crippen LogP contribution in [0, 0.1) is 0 Å². The molecule has 4 rings (SSSR count). The molecule has 2 aromatic rings. The molecule has 0 radical (unpaired) electrons. The summed E-state index contributed by atoms with van der Waals surface area (Å²) in [7, 11) is 0. The maximum atomic E-state index is 12.4. The molecular formula is C22H27N3O2. The molecule has 0 atom stereocenters. The van der Waals surface area contributed by atoms with Gasteiger partial charge in [-0.2, -0.15) is 0 Å². The van der Waals surface area contributed by atoms with Crippen molar-refractivity contribution in [3.8, 4) is 5.75 Å². The van der Waals surface area contributed by atoms with Crippen LogP contribution in [-0.4, -0.2) is 30.1 Å². The van der Waals surface area contributed by atoms with E-state index in [0.717, 1.165) is 43.1 Å². The number of anilines is 1. The predicted molar refractivity (Wildman–Crippen MR) is 106 cm³/mol. The zero-order valence-electron chi connectivity index (χ0n) is 15.7. The Morgan fingerprint density at radius 3 is 2.44 bits per heavy atom. The lowest BCUT2D eigenvalue weighted by Crippen LogP contribution is -2.23. The van der Waals surface area contributed by atoms with E-state index in [1.807, 2.05) is 42.6 Å². The molecule has 2 heterocycles. The van der Waals surface area contributed by atoms with Gasteiger partial charge in [0.25, 0.3) is 5.91 Å². The largest absolute Gasteiger partial charge is 0.490 e. The van der Waals surface area contributed by atoms with Gasteiger partial charge in [-0.1, -0.05) is 6.07 Å². The summed E-state index contributed by atoms with van der Waals surface area (Å²) in [6, 6.07) is 11.5. The van der Waals surface area contributed by atoms with E-state index in [2.05, 4.69) is 15.2 Å². The number of pyridine rings is 1. The summed E-state index contributed by atoms with van der Waals surface area (Å²) in [5.74, 6) is 1.80. The van der Waals surface area contributed by atoms with Crippen LogP contribution in [-0.2, 0) is 6.54 Å².